The minimum atomic E-state index is -0.672. The summed E-state index contributed by atoms with van der Waals surface area (Å²) in [5.74, 6) is 1.96. The van der Waals surface area contributed by atoms with Crippen molar-refractivity contribution in [2.24, 2.45) is 5.92 Å². The zero-order chi connectivity index (χ0) is 24.8. The summed E-state index contributed by atoms with van der Waals surface area (Å²) in [6.07, 6.45) is 8.77. The average Bonchev–Trinajstić information content (AvgIpc) is 2.90. The molecule has 0 spiro atoms. The van der Waals surface area contributed by atoms with Gasteiger partial charge in [-0.2, -0.15) is 0 Å². The van der Waals surface area contributed by atoms with Gasteiger partial charge in [-0.05, 0) is 67.6 Å². The summed E-state index contributed by atoms with van der Waals surface area (Å²) in [6.45, 7) is 0. The van der Waals surface area contributed by atoms with E-state index in [1.165, 1.54) is 6.42 Å². The molecule has 2 aliphatic rings. The number of hydrogen-bond acceptors (Lipinski definition) is 6. The van der Waals surface area contributed by atoms with Crippen LogP contribution in [0.4, 0.5) is 0 Å². The zero-order valence-electron chi connectivity index (χ0n) is 20.2. The quantitative estimate of drug-likeness (QED) is 0.582. The van der Waals surface area contributed by atoms with Crippen LogP contribution >= 0.6 is 0 Å². The number of aldehydes is 1. The maximum Gasteiger partial charge on any atom is 0.150 e. The Morgan fingerprint density at radius 3 is 1.76 bits per heavy atom. The molecule has 2 aromatic rings. The molecule has 0 bridgehead atoms. The van der Waals surface area contributed by atoms with Crippen LogP contribution in [0.15, 0.2) is 48.5 Å². The van der Waals surface area contributed by atoms with Gasteiger partial charge < -0.3 is 14.6 Å². The number of Topliss-reactive ketones (excluding diaryl/α,β-unsaturated/α-hetero) is 2. The molecule has 184 valence electrons. The third-order valence-electron chi connectivity index (χ3n) is 6.10. The number of ketones is 2. The number of ether oxygens (including phenoxy) is 2. The molecular weight excluding hydrogens is 432 g/mol. The van der Waals surface area contributed by atoms with E-state index >= 15 is 0 Å². The molecular formula is C28H36O6. The molecule has 34 heavy (non-hydrogen) atoms. The Balaban J connectivity index is 0.000000202. The van der Waals surface area contributed by atoms with Crippen molar-refractivity contribution in [1.82, 2.24) is 0 Å². The summed E-state index contributed by atoms with van der Waals surface area (Å²) in [7, 11) is 3.20. The first-order valence-electron chi connectivity index (χ1n) is 11.9. The van der Waals surface area contributed by atoms with Crippen LogP contribution in [0.3, 0.4) is 0 Å². The molecule has 2 saturated carbocycles. The Bertz CT molecular complexity index is 880. The Labute approximate surface area is 202 Å². The van der Waals surface area contributed by atoms with Gasteiger partial charge in [0.1, 0.15) is 29.4 Å². The lowest BCUT2D eigenvalue weighted by Gasteiger charge is -2.25. The minimum absolute atomic E-state index is 0.194. The van der Waals surface area contributed by atoms with E-state index in [9.17, 15) is 19.5 Å². The molecule has 0 amide bonds. The van der Waals surface area contributed by atoms with Crippen LogP contribution in [0, 0.1) is 5.92 Å². The molecule has 1 N–H and O–H groups in total. The van der Waals surface area contributed by atoms with E-state index in [-0.39, 0.29) is 11.7 Å². The van der Waals surface area contributed by atoms with Crippen molar-refractivity contribution in [2.45, 2.75) is 63.9 Å². The highest BCUT2D eigenvalue weighted by molar-refractivity contribution is 5.82. The maximum atomic E-state index is 11.7. The first-order valence-corrected chi connectivity index (χ1v) is 11.9. The molecule has 0 saturated heterocycles. The van der Waals surface area contributed by atoms with Crippen LogP contribution in [0.25, 0.3) is 0 Å². The summed E-state index contributed by atoms with van der Waals surface area (Å²) in [6, 6.07) is 14.2. The molecule has 6 nitrogen and oxygen atoms in total. The number of benzene rings is 2. The van der Waals surface area contributed by atoms with Crippen LogP contribution in [0.5, 0.6) is 11.5 Å². The zero-order valence-corrected chi connectivity index (χ0v) is 20.2. The van der Waals surface area contributed by atoms with Gasteiger partial charge in [0.25, 0.3) is 0 Å². The second-order valence-electron chi connectivity index (χ2n) is 8.53. The van der Waals surface area contributed by atoms with Gasteiger partial charge in [0.05, 0.1) is 20.3 Å². The summed E-state index contributed by atoms with van der Waals surface area (Å²) in [4.78, 5) is 32.4. The molecule has 2 fully saturated rings. The molecule has 2 aromatic carbocycles. The average molecular weight is 469 g/mol. The number of methoxy groups -OCH3 is 2. The lowest BCUT2D eigenvalue weighted by atomic mass is 9.82. The molecule has 0 aromatic heterocycles. The molecule has 6 heteroatoms. The largest absolute Gasteiger partial charge is 0.497 e. The molecule has 0 heterocycles. The third-order valence-corrected chi connectivity index (χ3v) is 6.10. The van der Waals surface area contributed by atoms with E-state index in [0.717, 1.165) is 68.3 Å². The molecule has 2 atom stereocenters. The lowest BCUT2D eigenvalue weighted by Crippen LogP contribution is -2.25. The summed E-state index contributed by atoms with van der Waals surface area (Å²) >= 11 is 0. The van der Waals surface area contributed by atoms with Crippen LogP contribution in [0.1, 0.15) is 79.8 Å². The number of carbonyl (C=O) groups is 3. The maximum absolute atomic E-state index is 11.7. The predicted octanol–water partition coefficient (Wildman–Crippen LogP) is 5.52. The number of rotatable bonds is 5. The van der Waals surface area contributed by atoms with E-state index < -0.39 is 6.10 Å². The van der Waals surface area contributed by atoms with Crippen LogP contribution in [-0.2, 0) is 9.59 Å². The minimum Gasteiger partial charge on any atom is -0.497 e. The monoisotopic (exact) mass is 468 g/mol. The van der Waals surface area contributed by atoms with E-state index in [0.29, 0.717) is 17.8 Å². The summed E-state index contributed by atoms with van der Waals surface area (Å²) in [5, 5.41) is 10.2. The predicted molar refractivity (Wildman–Crippen MR) is 131 cm³/mol. The Morgan fingerprint density at radius 1 is 0.794 bits per heavy atom. The van der Waals surface area contributed by atoms with Crippen LogP contribution < -0.4 is 9.47 Å². The molecule has 4 rings (SSSR count). The smallest absolute Gasteiger partial charge is 0.150 e. The summed E-state index contributed by atoms with van der Waals surface area (Å²) < 4.78 is 9.96. The molecule has 0 radical (unpaired) electrons. The van der Waals surface area contributed by atoms with Crippen molar-refractivity contribution in [3.8, 4) is 11.5 Å². The van der Waals surface area contributed by atoms with Gasteiger partial charge in [0, 0.05) is 30.7 Å². The van der Waals surface area contributed by atoms with Gasteiger partial charge in [-0.1, -0.05) is 25.0 Å². The molecule has 0 aliphatic heterocycles. The summed E-state index contributed by atoms with van der Waals surface area (Å²) in [5.41, 5.74) is 1.46. The Hall–Kier alpha value is -2.99. The fraction of sp³-hybridized carbons (Fsp3) is 0.464. The van der Waals surface area contributed by atoms with Gasteiger partial charge >= 0.3 is 0 Å². The number of aliphatic hydroxyl groups is 1. The van der Waals surface area contributed by atoms with Crippen molar-refractivity contribution in [3.05, 3.63) is 59.7 Å². The molecule has 0 unspecified atom stereocenters. The highest BCUT2D eigenvalue weighted by Gasteiger charge is 2.29. The SMILES string of the molecule is COc1ccc(C=O)cc1.COc1ccc([C@H](O)[C@@H]2CCCCC2=O)cc1.O=C1CCCCC1. The second-order valence-corrected chi connectivity index (χ2v) is 8.53. The normalized spacial score (nSPS) is 18.4. The Kier molecular flexibility index (Phi) is 12.0. The first-order chi connectivity index (χ1) is 16.5. The van der Waals surface area contributed by atoms with E-state index in [1.807, 2.05) is 24.3 Å². The van der Waals surface area contributed by atoms with Crippen molar-refractivity contribution in [3.63, 3.8) is 0 Å². The van der Waals surface area contributed by atoms with Crippen molar-refractivity contribution < 1.29 is 29.0 Å². The third kappa shape index (κ3) is 9.10. The van der Waals surface area contributed by atoms with Crippen molar-refractivity contribution >= 4 is 17.9 Å². The van der Waals surface area contributed by atoms with Crippen molar-refractivity contribution in [1.29, 1.82) is 0 Å². The van der Waals surface area contributed by atoms with E-state index in [4.69, 9.17) is 9.47 Å². The highest BCUT2D eigenvalue weighted by atomic mass is 16.5. The van der Waals surface area contributed by atoms with E-state index in [2.05, 4.69) is 0 Å². The Morgan fingerprint density at radius 2 is 1.32 bits per heavy atom. The number of carbonyl (C=O) groups excluding carboxylic acids is 3. The van der Waals surface area contributed by atoms with Crippen molar-refractivity contribution in [2.75, 3.05) is 14.2 Å². The molecule has 2 aliphatic carbocycles. The number of hydrogen-bond donors (Lipinski definition) is 1. The first kappa shape index (κ1) is 27.3. The van der Waals surface area contributed by atoms with Gasteiger partial charge in [0.15, 0.2) is 0 Å². The standard InChI is InChI=1S/C14H18O3.C8H8O2.C6H10O/c1-17-11-8-6-10(7-9-11)14(16)12-4-2-3-5-13(12)15;1-10-8-4-2-7(6-9)3-5-8;7-6-4-2-1-3-5-6/h6-9,12,14,16H,2-5H2,1H3;2-6H,1H3;1-5H2/t12-,14+;;/m1../s1. The lowest BCUT2D eigenvalue weighted by molar-refractivity contribution is -0.128. The number of aliphatic hydroxyl groups excluding tert-OH is 1. The van der Waals surface area contributed by atoms with Gasteiger partial charge in [-0.3, -0.25) is 14.4 Å². The van der Waals surface area contributed by atoms with Gasteiger partial charge in [-0.15, -0.1) is 0 Å². The second kappa shape index (κ2) is 15.0. The fourth-order valence-corrected chi connectivity index (χ4v) is 4.01. The van der Waals surface area contributed by atoms with Gasteiger partial charge in [0.2, 0.25) is 0 Å². The van der Waals surface area contributed by atoms with Crippen LogP contribution in [-0.4, -0.2) is 37.2 Å². The van der Waals surface area contributed by atoms with E-state index in [1.54, 1.807) is 38.5 Å². The van der Waals surface area contributed by atoms with Gasteiger partial charge in [-0.25, -0.2) is 0 Å². The highest BCUT2D eigenvalue weighted by Crippen LogP contribution is 2.32. The van der Waals surface area contributed by atoms with Crippen LogP contribution in [0.2, 0.25) is 0 Å². The topological polar surface area (TPSA) is 89.9 Å². The fourth-order valence-electron chi connectivity index (χ4n) is 4.01.